The number of thiophene rings is 1. The van der Waals surface area contributed by atoms with Crippen molar-refractivity contribution in [3.63, 3.8) is 0 Å². The van der Waals surface area contributed by atoms with E-state index in [0.29, 0.717) is 6.42 Å². The first-order valence-electron chi connectivity index (χ1n) is 5.52. The molecule has 0 radical (unpaired) electrons. The molecule has 1 aromatic heterocycles. The van der Waals surface area contributed by atoms with Gasteiger partial charge in [0.25, 0.3) is 0 Å². The summed E-state index contributed by atoms with van der Waals surface area (Å²) in [7, 11) is 0. The Morgan fingerprint density at radius 3 is 2.59 bits per heavy atom. The van der Waals surface area contributed by atoms with Crippen molar-refractivity contribution in [1.29, 1.82) is 5.26 Å². The Hall–Kier alpha value is -1.79. The highest BCUT2D eigenvalue weighted by Crippen LogP contribution is 2.18. The number of hydrogen-bond donors (Lipinski definition) is 1. The summed E-state index contributed by atoms with van der Waals surface area (Å²) >= 11 is 1.77. The first kappa shape index (κ1) is 11.7. The smallest absolute Gasteiger partial charge is 0.0669 e. The molecule has 17 heavy (non-hydrogen) atoms. The van der Waals surface area contributed by atoms with Crippen molar-refractivity contribution in [2.45, 2.75) is 19.9 Å². The van der Waals surface area contributed by atoms with Crippen LogP contribution in [0.15, 0.2) is 35.7 Å². The van der Waals surface area contributed by atoms with Crippen molar-refractivity contribution in [3.8, 4) is 6.07 Å². The van der Waals surface area contributed by atoms with E-state index in [1.165, 1.54) is 10.4 Å². The maximum absolute atomic E-state index is 8.58. The Morgan fingerprint density at radius 2 is 2.00 bits per heavy atom. The maximum Gasteiger partial charge on any atom is 0.0669 e. The van der Waals surface area contributed by atoms with Crippen molar-refractivity contribution in [2.24, 2.45) is 0 Å². The molecule has 0 fully saturated rings. The summed E-state index contributed by atoms with van der Waals surface area (Å²) in [5.41, 5.74) is 3.49. The summed E-state index contributed by atoms with van der Waals surface area (Å²) in [5, 5.41) is 14.1. The molecule has 1 aromatic carbocycles. The van der Waals surface area contributed by atoms with Crippen LogP contribution in [0.4, 0.5) is 5.69 Å². The lowest BCUT2D eigenvalue weighted by molar-refractivity contribution is 1.16. The number of aryl methyl sites for hydroxylation is 1. The van der Waals surface area contributed by atoms with Crippen LogP contribution in [-0.2, 0) is 13.0 Å². The zero-order chi connectivity index (χ0) is 12.1. The van der Waals surface area contributed by atoms with Crippen LogP contribution in [0.25, 0.3) is 0 Å². The molecular weight excluding hydrogens is 228 g/mol. The predicted octanol–water partition coefficient (Wildman–Crippen LogP) is 3.73. The second kappa shape index (κ2) is 5.51. The van der Waals surface area contributed by atoms with Crippen LogP contribution >= 0.6 is 11.3 Å². The zero-order valence-electron chi connectivity index (χ0n) is 9.73. The van der Waals surface area contributed by atoms with Gasteiger partial charge in [0, 0.05) is 17.1 Å². The molecule has 0 unspecified atom stereocenters. The third kappa shape index (κ3) is 3.08. The van der Waals surface area contributed by atoms with Gasteiger partial charge in [0.1, 0.15) is 0 Å². The normalized spacial score (nSPS) is 9.88. The van der Waals surface area contributed by atoms with E-state index in [4.69, 9.17) is 5.26 Å². The van der Waals surface area contributed by atoms with E-state index in [9.17, 15) is 0 Å². The predicted molar refractivity (Wildman–Crippen MR) is 72.1 cm³/mol. The number of nitrogens with zero attached hydrogens (tertiary/aromatic N) is 1. The van der Waals surface area contributed by atoms with E-state index in [1.54, 1.807) is 11.3 Å². The van der Waals surface area contributed by atoms with Crippen molar-refractivity contribution in [2.75, 3.05) is 5.32 Å². The molecular formula is C14H14N2S. The van der Waals surface area contributed by atoms with Gasteiger partial charge in [-0.05, 0) is 41.6 Å². The Balaban J connectivity index is 1.96. The van der Waals surface area contributed by atoms with Crippen LogP contribution in [0.3, 0.4) is 0 Å². The average molecular weight is 242 g/mol. The zero-order valence-corrected chi connectivity index (χ0v) is 10.6. The van der Waals surface area contributed by atoms with Crippen molar-refractivity contribution in [1.82, 2.24) is 0 Å². The van der Waals surface area contributed by atoms with Gasteiger partial charge in [-0.2, -0.15) is 5.26 Å². The third-order valence-corrected chi connectivity index (χ3v) is 3.68. The summed E-state index contributed by atoms with van der Waals surface area (Å²) in [4.78, 5) is 1.37. The minimum absolute atomic E-state index is 0.477. The fraction of sp³-hybridized carbons (Fsp3) is 0.214. The molecule has 2 rings (SSSR count). The Kier molecular flexibility index (Phi) is 3.79. The van der Waals surface area contributed by atoms with Gasteiger partial charge in [0.2, 0.25) is 0 Å². The highest BCUT2D eigenvalue weighted by Gasteiger charge is 1.99. The van der Waals surface area contributed by atoms with E-state index in [1.807, 2.05) is 24.3 Å². The second-order valence-corrected chi connectivity index (χ2v) is 4.91. The maximum atomic E-state index is 8.58. The van der Waals surface area contributed by atoms with E-state index in [2.05, 4.69) is 29.8 Å². The lowest BCUT2D eigenvalue weighted by Crippen LogP contribution is -1.98. The van der Waals surface area contributed by atoms with Gasteiger partial charge in [-0.3, -0.25) is 0 Å². The fourth-order valence-electron chi connectivity index (χ4n) is 1.60. The van der Waals surface area contributed by atoms with E-state index in [-0.39, 0.29) is 0 Å². The summed E-state index contributed by atoms with van der Waals surface area (Å²) in [6, 6.07) is 12.3. The highest BCUT2D eigenvalue weighted by atomic mass is 32.1. The summed E-state index contributed by atoms with van der Waals surface area (Å²) in [6.45, 7) is 2.99. The van der Waals surface area contributed by atoms with Gasteiger partial charge < -0.3 is 5.32 Å². The molecule has 0 aliphatic rings. The molecule has 3 heteroatoms. The number of hydrogen-bond acceptors (Lipinski definition) is 3. The monoisotopic (exact) mass is 242 g/mol. The van der Waals surface area contributed by atoms with E-state index >= 15 is 0 Å². The van der Waals surface area contributed by atoms with Crippen molar-refractivity contribution < 1.29 is 0 Å². The molecule has 0 aliphatic heterocycles. The Labute approximate surface area is 106 Å². The van der Waals surface area contributed by atoms with E-state index < -0.39 is 0 Å². The molecule has 0 spiro atoms. The number of nitriles is 1. The third-order valence-electron chi connectivity index (χ3n) is 2.66. The summed E-state index contributed by atoms with van der Waals surface area (Å²) in [5.74, 6) is 0. The van der Waals surface area contributed by atoms with Crippen molar-refractivity contribution in [3.05, 3.63) is 51.7 Å². The first-order valence-corrected chi connectivity index (χ1v) is 6.40. The molecule has 2 aromatic rings. The second-order valence-electron chi connectivity index (χ2n) is 3.91. The summed E-state index contributed by atoms with van der Waals surface area (Å²) in [6.07, 6.45) is 0.477. The fourth-order valence-corrected chi connectivity index (χ4v) is 2.45. The molecule has 0 saturated carbocycles. The van der Waals surface area contributed by atoms with Gasteiger partial charge in [-0.25, -0.2) is 0 Å². The van der Waals surface area contributed by atoms with Crippen LogP contribution in [0.1, 0.15) is 16.0 Å². The summed E-state index contributed by atoms with van der Waals surface area (Å²) < 4.78 is 0. The molecule has 0 amide bonds. The molecule has 1 N–H and O–H groups in total. The van der Waals surface area contributed by atoms with Crippen LogP contribution in [0, 0.1) is 18.3 Å². The number of benzene rings is 1. The number of rotatable bonds is 4. The lowest BCUT2D eigenvalue weighted by Gasteiger charge is -2.06. The van der Waals surface area contributed by atoms with Crippen LogP contribution in [0.5, 0.6) is 0 Å². The average Bonchev–Trinajstić information content (AvgIpc) is 2.75. The largest absolute Gasteiger partial charge is 0.380 e. The van der Waals surface area contributed by atoms with Gasteiger partial charge in [0.15, 0.2) is 0 Å². The molecule has 2 nitrogen and oxygen atoms in total. The molecule has 0 bridgehead atoms. The quantitative estimate of drug-likeness (QED) is 0.886. The standard InChI is InChI=1S/C14H14N2S/c1-11-7-9-17-14(11)10-16-13-4-2-12(3-5-13)6-8-15/h2-5,7,9,16H,6,10H2,1H3. The van der Waals surface area contributed by atoms with Crippen LogP contribution < -0.4 is 5.32 Å². The molecule has 0 saturated heterocycles. The molecule has 0 aliphatic carbocycles. The Bertz CT molecular complexity index is 520. The van der Waals surface area contributed by atoms with Gasteiger partial charge in [-0.15, -0.1) is 11.3 Å². The number of nitrogens with one attached hydrogen (secondary N) is 1. The number of anilines is 1. The van der Waals surface area contributed by atoms with Gasteiger partial charge in [0.05, 0.1) is 12.5 Å². The van der Waals surface area contributed by atoms with Crippen LogP contribution in [-0.4, -0.2) is 0 Å². The minimum atomic E-state index is 0.477. The van der Waals surface area contributed by atoms with Crippen LogP contribution in [0.2, 0.25) is 0 Å². The van der Waals surface area contributed by atoms with Gasteiger partial charge >= 0.3 is 0 Å². The molecule has 1 heterocycles. The topological polar surface area (TPSA) is 35.8 Å². The first-order chi connectivity index (χ1) is 8.29. The molecule has 86 valence electrons. The Morgan fingerprint density at radius 1 is 1.24 bits per heavy atom. The lowest BCUT2D eigenvalue weighted by atomic mass is 10.1. The highest BCUT2D eigenvalue weighted by molar-refractivity contribution is 7.10. The van der Waals surface area contributed by atoms with E-state index in [0.717, 1.165) is 17.8 Å². The van der Waals surface area contributed by atoms with Gasteiger partial charge in [-0.1, -0.05) is 12.1 Å². The molecule has 0 atom stereocenters. The minimum Gasteiger partial charge on any atom is -0.380 e. The van der Waals surface area contributed by atoms with Crippen molar-refractivity contribution >= 4 is 17.0 Å². The SMILES string of the molecule is Cc1ccsc1CNc1ccc(CC#N)cc1.